The number of nitrogens with zero attached hydrogens (tertiary/aromatic N) is 3. The molecule has 0 saturated heterocycles. The number of hydrogen-bond donors (Lipinski definition) is 1. The highest BCUT2D eigenvalue weighted by Gasteiger charge is 2.19. The zero-order valence-corrected chi connectivity index (χ0v) is 13.9. The van der Waals surface area contributed by atoms with Gasteiger partial charge in [-0.15, -0.1) is 0 Å². The van der Waals surface area contributed by atoms with Crippen molar-refractivity contribution in [1.29, 1.82) is 0 Å². The summed E-state index contributed by atoms with van der Waals surface area (Å²) in [6.45, 7) is 2.07. The number of benzene rings is 1. The molecule has 0 amide bonds. The van der Waals surface area contributed by atoms with Gasteiger partial charge in [-0.05, 0) is 35.1 Å². The minimum Gasteiger partial charge on any atom is -0.372 e. The summed E-state index contributed by atoms with van der Waals surface area (Å²) in [6.07, 6.45) is 1.76. The van der Waals surface area contributed by atoms with E-state index < -0.39 is 4.92 Å². The second kappa shape index (κ2) is 6.79. The van der Waals surface area contributed by atoms with Crippen LogP contribution >= 0.6 is 22.6 Å². The van der Waals surface area contributed by atoms with E-state index in [9.17, 15) is 10.1 Å². The smallest absolute Gasteiger partial charge is 0.280 e. The van der Waals surface area contributed by atoms with Crippen LogP contribution in [0.4, 0.5) is 11.5 Å². The summed E-state index contributed by atoms with van der Waals surface area (Å²) in [4.78, 5) is 19.7. The minimum atomic E-state index is -0.408. The van der Waals surface area contributed by atoms with Gasteiger partial charge in [0.25, 0.3) is 5.69 Å². The van der Waals surface area contributed by atoms with Gasteiger partial charge < -0.3 is 5.32 Å². The number of anilines is 1. The van der Waals surface area contributed by atoms with Crippen molar-refractivity contribution in [3.8, 4) is 11.4 Å². The molecule has 0 spiro atoms. The zero-order valence-electron chi connectivity index (χ0n) is 11.8. The molecule has 0 aliphatic carbocycles. The molecule has 6 nitrogen and oxygen atoms in total. The highest BCUT2D eigenvalue weighted by atomic mass is 127. The number of para-hydroxylation sites is 1. The average Bonchev–Trinajstić information content (AvgIpc) is 2.49. The van der Waals surface area contributed by atoms with E-state index in [0.717, 1.165) is 22.1 Å². The third kappa shape index (κ3) is 3.29. The van der Waals surface area contributed by atoms with Crippen LogP contribution in [0.3, 0.4) is 0 Å². The number of aromatic nitrogens is 2. The third-order valence-electron chi connectivity index (χ3n) is 2.99. The maximum Gasteiger partial charge on any atom is 0.280 e. The van der Waals surface area contributed by atoms with Crippen molar-refractivity contribution in [2.45, 2.75) is 19.8 Å². The molecule has 0 bridgehead atoms. The highest BCUT2D eigenvalue weighted by molar-refractivity contribution is 14.1. The summed E-state index contributed by atoms with van der Waals surface area (Å²) in [5.74, 6) is 1.08. The first-order valence-corrected chi connectivity index (χ1v) is 7.64. The normalized spacial score (nSPS) is 10.4. The number of halogens is 1. The average molecular weight is 398 g/mol. The maximum atomic E-state index is 11.2. The minimum absolute atomic E-state index is 0.0169. The van der Waals surface area contributed by atoms with E-state index in [4.69, 9.17) is 0 Å². The first kappa shape index (κ1) is 15.6. The Labute approximate surface area is 136 Å². The van der Waals surface area contributed by atoms with Gasteiger partial charge in [-0.3, -0.25) is 10.1 Å². The van der Waals surface area contributed by atoms with E-state index >= 15 is 0 Å². The fourth-order valence-electron chi connectivity index (χ4n) is 2.00. The van der Waals surface area contributed by atoms with E-state index in [1.807, 2.05) is 0 Å². The molecule has 0 aliphatic heterocycles. The Balaban J connectivity index is 2.64. The van der Waals surface area contributed by atoms with Crippen LogP contribution in [-0.2, 0) is 6.42 Å². The van der Waals surface area contributed by atoms with E-state index in [1.165, 1.54) is 6.07 Å². The number of nitrogens with one attached hydrogen (secondary N) is 1. The van der Waals surface area contributed by atoms with Crippen molar-refractivity contribution in [2.75, 3.05) is 12.4 Å². The number of nitro benzene ring substituents is 1. The summed E-state index contributed by atoms with van der Waals surface area (Å²) in [5, 5.41) is 14.2. The molecular weight excluding hydrogens is 383 g/mol. The molecule has 0 radical (unpaired) electrons. The molecule has 0 fully saturated rings. The van der Waals surface area contributed by atoms with Crippen LogP contribution in [0.15, 0.2) is 24.3 Å². The molecule has 0 aliphatic rings. The molecule has 1 N–H and O–H groups in total. The zero-order chi connectivity index (χ0) is 15.4. The van der Waals surface area contributed by atoms with Gasteiger partial charge in [0.1, 0.15) is 5.82 Å². The van der Waals surface area contributed by atoms with Crippen LogP contribution in [0.2, 0.25) is 0 Å². The Morgan fingerprint density at radius 2 is 2.05 bits per heavy atom. The highest BCUT2D eigenvalue weighted by Crippen LogP contribution is 2.30. The van der Waals surface area contributed by atoms with E-state index in [2.05, 4.69) is 44.8 Å². The van der Waals surface area contributed by atoms with Gasteiger partial charge in [-0.1, -0.05) is 25.5 Å². The number of nitro groups is 1. The quantitative estimate of drug-likeness (QED) is 0.473. The summed E-state index contributed by atoms with van der Waals surface area (Å²) < 4.78 is 0.958. The molecule has 0 unspecified atom stereocenters. The van der Waals surface area contributed by atoms with Gasteiger partial charge >= 0.3 is 0 Å². The summed E-state index contributed by atoms with van der Waals surface area (Å²) >= 11 is 2.20. The summed E-state index contributed by atoms with van der Waals surface area (Å²) in [5.41, 5.74) is 1.36. The predicted octanol–water partition coefficient (Wildman–Crippen LogP) is 3.65. The lowest BCUT2D eigenvalue weighted by Crippen LogP contribution is -2.06. The topological polar surface area (TPSA) is 81.0 Å². The molecule has 0 atom stereocenters. The van der Waals surface area contributed by atoms with Crippen LogP contribution in [0, 0.1) is 13.7 Å². The lowest BCUT2D eigenvalue weighted by atomic mass is 10.1. The lowest BCUT2D eigenvalue weighted by Gasteiger charge is -2.11. The Morgan fingerprint density at radius 1 is 1.33 bits per heavy atom. The monoisotopic (exact) mass is 398 g/mol. The fourth-order valence-corrected chi connectivity index (χ4v) is 2.78. The van der Waals surface area contributed by atoms with Crippen molar-refractivity contribution in [3.63, 3.8) is 0 Å². The van der Waals surface area contributed by atoms with Gasteiger partial charge in [0, 0.05) is 13.1 Å². The van der Waals surface area contributed by atoms with Crippen molar-refractivity contribution >= 4 is 34.1 Å². The van der Waals surface area contributed by atoms with Gasteiger partial charge in [0.05, 0.1) is 19.8 Å². The van der Waals surface area contributed by atoms with E-state index in [0.29, 0.717) is 17.2 Å². The van der Waals surface area contributed by atoms with Crippen molar-refractivity contribution < 1.29 is 4.92 Å². The van der Waals surface area contributed by atoms with Crippen molar-refractivity contribution in [2.24, 2.45) is 0 Å². The van der Waals surface area contributed by atoms with Crippen LogP contribution in [0.1, 0.15) is 19.0 Å². The second-order valence-electron chi connectivity index (χ2n) is 4.43. The standard InChI is InChI=1S/C14H15IN4O2/c1-3-6-10-12(15)14(16-2)18-13(17-10)9-7-4-5-8-11(9)19(20)21/h4-5,7-8H,3,6H2,1-2H3,(H,16,17,18). The van der Waals surface area contributed by atoms with E-state index in [1.54, 1.807) is 25.2 Å². The number of rotatable bonds is 5. The first-order valence-electron chi connectivity index (χ1n) is 6.56. The van der Waals surface area contributed by atoms with Gasteiger partial charge in [0.2, 0.25) is 0 Å². The van der Waals surface area contributed by atoms with E-state index in [-0.39, 0.29) is 5.69 Å². The molecule has 1 heterocycles. The molecular formula is C14H15IN4O2. The molecule has 110 valence electrons. The molecule has 1 aromatic heterocycles. The molecule has 7 heteroatoms. The van der Waals surface area contributed by atoms with Gasteiger partial charge in [-0.2, -0.15) is 0 Å². The van der Waals surface area contributed by atoms with Gasteiger partial charge in [-0.25, -0.2) is 9.97 Å². The van der Waals surface area contributed by atoms with Crippen LogP contribution < -0.4 is 5.32 Å². The molecule has 1 aromatic carbocycles. The molecule has 2 rings (SSSR count). The van der Waals surface area contributed by atoms with Crippen molar-refractivity contribution in [1.82, 2.24) is 9.97 Å². The molecule has 0 saturated carbocycles. The van der Waals surface area contributed by atoms with Gasteiger partial charge in [0.15, 0.2) is 5.82 Å². The molecule has 2 aromatic rings. The Kier molecular flexibility index (Phi) is 5.05. The third-order valence-corrected chi connectivity index (χ3v) is 4.12. The van der Waals surface area contributed by atoms with Crippen LogP contribution in [0.5, 0.6) is 0 Å². The Hall–Kier alpha value is -1.77. The number of hydrogen-bond acceptors (Lipinski definition) is 5. The molecule has 21 heavy (non-hydrogen) atoms. The van der Waals surface area contributed by atoms with Crippen molar-refractivity contribution in [3.05, 3.63) is 43.6 Å². The Morgan fingerprint density at radius 3 is 2.67 bits per heavy atom. The summed E-state index contributed by atoms with van der Waals surface area (Å²) in [7, 11) is 1.78. The first-order chi connectivity index (χ1) is 10.1. The predicted molar refractivity (Wildman–Crippen MR) is 90.4 cm³/mol. The largest absolute Gasteiger partial charge is 0.372 e. The lowest BCUT2D eigenvalue weighted by molar-refractivity contribution is -0.384. The second-order valence-corrected chi connectivity index (χ2v) is 5.51. The maximum absolute atomic E-state index is 11.2. The summed E-state index contributed by atoms with van der Waals surface area (Å²) in [6, 6.07) is 6.53. The SMILES string of the molecule is CCCc1nc(-c2ccccc2[N+](=O)[O-])nc(NC)c1I. The fraction of sp³-hybridized carbons (Fsp3) is 0.286. The number of aryl methyl sites for hydroxylation is 1. The van der Waals surface area contributed by atoms with Crippen LogP contribution in [0.25, 0.3) is 11.4 Å². The van der Waals surface area contributed by atoms with Crippen LogP contribution in [-0.4, -0.2) is 21.9 Å². The Bertz CT molecular complexity index is 676.